The molecule has 1 saturated carbocycles. The van der Waals surface area contributed by atoms with Gasteiger partial charge in [0.15, 0.2) is 0 Å². The molecule has 2 atom stereocenters. The second-order valence-corrected chi connectivity index (χ2v) is 5.61. The van der Waals surface area contributed by atoms with Crippen molar-refractivity contribution in [1.29, 1.82) is 0 Å². The maximum absolute atomic E-state index is 12.2. The molecule has 1 N–H and O–H groups in total. The number of likely N-dealkylation sites (N-methyl/N-ethyl adjacent to an activating group) is 1. The molecule has 0 aromatic carbocycles. The van der Waals surface area contributed by atoms with Crippen LogP contribution in [0.5, 0.6) is 0 Å². The third-order valence-corrected chi connectivity index (χ3v) is 4.03. The van der Waals surface area contributed by atoms with Crippen molar-refractivity contribution in [3.8, 4) is 0 Å². The first kappa shape index (κ1) is 13.8. The van der Waals surface area contributed by atoms with E-state index in [0.717, 1.165) is 6.54 Å². The number of carboxylic acids is 1. The van der Waals surface area contributed by atoms with Gasteiger partial charge in [0.2, 0.25) is 11.8 Å². The number of aliphatic carboxylic acids is 1. The zero-order valence-electron chi connectivity index (χ0n) is 11.3. The van der Waals surface area contributed by atoms with Gasteiger partial charge in [0.05, 0.1) is 5.92 Å². The molecule has 1 saturated heterocycles. The fraction of sp³-hybridized carbons (Fsp3) is 0.769. The van der Waals surface area contributed by atoms with E-state index in [1.807, 2.05) is 0 Å². The van der Waals surface area contributed by atoms with Gasteiger partial charge in [-0.3, -0.25) is 9.59 Å². The van der Waals surface area contributed by atoms with Crippen molar-refractivity contribution in [2.24, 2.45) is 11.8 Å². The normalized spacial score (nSPS) is 24.4. The van der Waals surface area contributed by atoms with E-state index in [0.29, 0.717) is 12.5 Å². The highest BCUT2D eigenvalue weighted by Gasteiger charge is 2.39. The van der Waals surface area contributed by atoms with Crippen LogP contribution in [0.25, 0.3) is 0 Å². The molecule has 2 rings (SSSR count). The Bertz CT molecular complexity index is 405. The first-order chi connectivity index (χ1) is 8.90. The Morgan fingerprint density at radius 1 is 1.47 bits per heavy atom. The van der Waals surface area contributed by atoms with Crippen LogP contribution < -0.4 is 0 Å². The maximum atomic E-state index is 12.2. The number of carbonyl (C=O) groups excluding carboxylic acids is 2. The van der Waals surface area contributed by atoms with E-state index in [1.165, 1.54) is 31.7 Å². The Balaban J connectivity index is 1.93. The van der Waals surface area contributed by atoms with Crippen LogP contribution in [0, 0.1) is 11.8 Å². The monoisotopic (exact) mass is 268 g/mol. The van der Waals surface area contributed by atoms with Crippen molar-refractivity contribution < 1.29 is 19.5 Å². The Morgan fingerprint density at radius 3 is 2.63 bits per heavy atom. The fourth-order valence-electron chi connectivity index (χ4n) is 2.37. The largest absolute Gasteiger partial charge is 0.480 e. The van der Waals surface area contributed by atoms with Crippen LogP contribution in [-0.2, 0) is 14.4 Å². The maximum Gasteiger partial charge on any atom is 0.326 e. The third kappa shape index (κ3) is 3.05. The molecule has 2 fully saturated rings. The Kier molecular flexibility index (Phi) is 3.78. The molecule has 0 radical (unpaired) electrons. The van der Waals surface area contributed by atoms with Crippen molar-refractivity contribution in [2.75, 3.05) is 20.1 Å². The third-order valence-electron chi connectivity index (χ3n) is 4.03. The second kappa shape index (κ2) is 5.19. The molecule has 0 spiro atoms. The first-order valence-electron chi connectivity index (χ1n) is 6.67. The molecule has 2 unspecified atom stereocenters. The number of likely N-dealkylation sites (tertiary alicyclic amines) is 1. The highest BCUT2D eigenvalue weighted by Crippen LogP contribution is 2.32. The van der Waals surface area contributed by atoms with E-state index in [9.17, 15) is 14.4 Å². The van der Waals surface area contributed by atoms with Gasteiger partial charge in [-0.2, -0.15) is 0 Å². The highest BCUT2D eigenvalue weighted by atomic mass is 16.4. The van der Waals surface area contributed by atoms with E-state index in [2.05, 4.69) is 0 Å². The van der Waals surface area contributed by atoms with Gasteiger partial charge in [0, 0.05) is 26.6 Å². The van der Waals surface area contributed by atoms with E-state index >= 15 is 0 Å². The van der Waals surface area contributed by atoms with Gasteiger partial charge in [-0.05, 0) is 25.7 Å². The minimum absolute atomic E-state index is 0.0154. The van der Waals surface area contributed by atoms with Gasteiger partial charge in [0.25, 0.3) is 0 Å². The van der Waals surface area contributed by atoms with Crippen LogP contribution in [0.4, 0.5) is 0 Å². The predicted molar refractivity (Wildman–Crippen MR) is 67.3 cm³/mol. The highest BCUT2D eigenvalue weighted by molar-refractivity contribution is 5.91. The second-order valence-electron chi connectivity index (χ2n) is 5.61. The molecule has 6 heteroatoms. The van der Waals surface area contributed by atoms with Crippen LogP contribution in [0.1, 0.15) is 26.2 Å². The lowest BCUT2D eigenvalue weighted by atomic mass is 10.1. The zero-order chi connectivity index (χ0) is 14.2. The zero-order valence-corrected chi connectivity index (χ0v) is 11.3. The minimum Gasteiger partial charge on any atom is -0.480 e. The average molecular weight is 268 g/mol. The molecule has 106 valence electrons. The van der Waals surface area contributed by atoms with Gasteiger partial charge in [-0.1, -0.05) is 0 Å². The van der Waals surface area contributed by atoms with Crippen LogP contribution in [0.3, 0.4) is 0 Å². The summed E-state index contributed by atoms with van der Waals surface area (Å²) in [6.07, 6.45) is 2.54. The molecule has 0 bridgehead atoms. The number of nitrogens with zero attached hydrogens (tertiary/aromatic N) is 2. The van der Waals surface area contributed by atoms with Crippen LogP contribution in [-0.4, -0.2) is 58.9 Å². The lowest BCUT2D eigenvalue weighted by molar-refractivity contribution is -0.149. The Labute approximate surface area is 112 Å². The van der Waals surface area contributed by atoms with Crippen LogP contribution in [0.2, 0.25) is 0 Å². The summed E-state index contributed by atoms with van der Waals surface area (Å²) >= 11 is 0. The molecule has 0 aromatic heterocycles. The number of hydrogen-bond acceptors (Lipinski definition) is 3. The van der Waals surface area contributed by atoms with Gasteiger partial charge in [0.1, 0.15) is 6.04 Å². The quantitative estimate of drug-likeness (QED) is 0.771. The molecule has 0 aromatic rings. The summed E-state index contributed by atoms with van der Waals surface area (Å²) in [4.78, 5) is 37.8. The molecule has 1 aliphatic carbocycles. The summed E-state index contributed by atoms with van der Waals surface area (Å²) in [5, 5.41) is 8.90. The molecular formula is C13H20N2O4. The van der Waals surface area contributed by atoms with Crippen molar-refractivity contribution in [3.05, 3.63) is 0 Å². The van der Waals surface area contributed by atoms with Crippen LogP contribution >= 0.6 is 0 Å². The summed E-state index contributed by atoms with van der Waals surface area (Å²) in [5.74, 6) is -1.05. The summed E-state index contributed by atoms with van der Waals surface area (Å²) in [6, 6.07) is -0.861. The molecule has 2 aliphatic rings. The Morgan fingerprint density at radius 2 is 2.11 bits per heavy atom. The van der Waals surface area contributed by atoms with Gasteiger partial charge in [-0.25, -0.2) is 4.79 Å². The number of carbonyl (C=O) groups is 3. The number of rotatable bonds is 5. The lowest BCUT2D eigenvalue weighted by Crippen LogP contribution is -2.44. The molecule has 1 aliphatic heterocycles. The van der Waals surface area contributed by atoms with E-state index in [1.54, 1.807) is 4.90 Å². The van der Waals surface area contributed by atoms with Crippen molar-refractivity contribution in [2.45, 2.75) is 32.2 Å². The molecule has 2 amide bonds. The predicted octanol–water partition coefficient (Wildman–Crippen LogP) is 0.176. The Hall–Kier alpha value is -1.59. The summed E-state index contributed by atoms with van der Waals surface area (Å²) in [6.45, 7) is 2.66. The number of hydrogen-bond donors (Lipinski definition) is 1. The van der Waals surface area contributed by atoms with Gasteiger partial charge < -0.3 is 14.9 Å². The number of amides is 2. The van der Waals surface area contributed by atoms with Gasteiger partial charge in [-0.15, -0.1) is 0 Å². The molecule has 6 nitrogen and oxygen atoms in total. The standard InChI is InChI=1S/C13H20N2O4/c1-8(13(18)19)14(2)12(17)10-5-11(16)15(7-10)6-9-3-4-9/h8-10H,3-7H2,1-2H3,(H,18,19). The fourth-order valence-corrected chi connectivity index (χ4v) is 2.37. The minimum atomic E-state index is -1.03. The van der Waals surface area contributed by atoms with Gasteiger partial charge >= 0.3 is 5.97 Å². The van der Waals surface area contributed by atoms with Crippen molar-refractivity contribution in [1.82, 2.24) is 9.80 Å². The van der Waals surface area contributed by atoms with E-state index < -0.39 is 17.9 Å². The summed E-state index contributed by atoms with van der Waals surface area (Å²) < 4.78 is 0. The first-order valence-corrected chi connectivity index (χ1v) is 6.67. The number of carboxylic acid groups (broad SMARTS) is 1. The van der Waals surface area contributed by atoms with E-state index in [4.69, 9.17) is 5.11 Å². The summed E-state index contributed by atoms with van der Waals surface area (Å²) in [7, 11) is 1.48. The molecular weight excluding hydrogens is 248 g/mol. The SMILES string of the molecule is CC(C(=O)O)N(C)C(=O)C1CC(=O)N(CC2CC2)C1. The van der Waals surface area contributed by atoms with Crippen molar-refractivity contribution in [3.63, 3.8) is 0 Å². The van der Waals surface area contributed by atoms with E-state index in [-0.39, 0.29) is 18.2 Å². The topological polar surface area (TPSA) is 77.9 Å². The van der Waals surface area contributed by atoms with Crippen LogP contribution in [0.15, 0.2) is 0 Å². The van der Waals surface area contributed by atoms with Crippen molar-refractivity contribution >= 4 is 17.8 Å². The smallest absolute Gasteiger partial charge is 0.326 e. The average Bonchev–Trinajstić information content (AvgIpc) is 3.10. The molecule has 1 heterocycles. The molecule has 19 heavy (non-hydrogen) atoms. The lowest BCUT2D eigenvalue weighted by Gasteiger charge is -2.24. The summed E-state index contributed by atoms with van der Waals surface area (Å²) in [5.41, 5.74) is 0.